The molecular formula is C3H7I. The van der Waals surface area contributed by atoms with Crippen LogP contribution in [0.15, 0.2) is 0 Å². The van der Waals surface area contributed by atoms with E-state index in [0.717, 1.165) is 0 Å². The van der Waals surface area contributed by atoms with Gasteiger partial charge in [0.15, 0.2) is 0 Å². The van der Waals surface area contributed by atoms with Crippen LogP contribution in [0.5, 0.6) is 0 Å². The molecule has 0 bridgehead atoms. The van der Waals surface area contributed by atoms with Crippen LogP contribution in [0.3, 0.4) is 0 Å². The van der Waals surface area contributed by atoms with Crippen LogP contribution in [0, 0.1) is 0 Å². The molecule has 26 valence electrons. The average molecular weight is 173 g/mol. The molecule has 0 N–H and O–H groups in total. The van der Waals surface area contributed by atoms with Crippen molar-refractivity contribution in [2.45, 2.75) is 13.3 Å². The van der Waals surface area contributed by atoms with Gasteiger partial charge in [-0.25, -0.2) is 0 Å². The lowest BCUT2D eigenvalue weighted by Crippen LogP contribution is -1.54. The van der Waals surface area contributed by atoms with Crippen molar-refractivity contribution in [1.82, 2.24) is 0 Å². The Labute approximate surface area is 44.9 Å². The van der Waals surface area contributed by atoms with Crippen molar-refractivity contribution in [3.63, 3.8) is 0 Å². The molecule has 0 rings (SSSR count). The second-order valence-corrected chi connectivity index (χ2v) is 1.02. The van der Waals surface area contributed by atoms with Crippen LogP contribution in [-0.4, -0.2) is 4.38 Å². The minimum absolute atomic E-state index is 0.631. The summed E-state index contributed by atoms with van der Waals surface area (Å²) in [5.41, 5.74) is 0. The summed E-state index contributed by atoms with van der Waals surface area (Å²) in [6.45, 7) is 1.53. The van der Waals surface area contributed by atoms with E-state index in [1.54, 1.807) is 22.6 Å². The third-order valence-electron chi connectivity index (χ3n) is 0.109. The van der Waals surface area contributed by atoms with Crippen LogP contribution in [0.25, 0.3) is 0 Å². The zero-order valence-electron chi connectivity index (χ0n) is 5.46. The molecule has 0 aliphatic heterocycles. The van der Waals surface area contributed by atoms with Gasteiger partial charge in [0.1, 0.15) is 0 Å². The second kappa shape index (κ2) is 3.73. The minimum atomic E-state index is -1.36. The van der Waals surface area contributed by atoms with Crippen LogP contribution in [-0.2, 0) is 0 Å². The van der Waals surface area contributed by atoms with E-state index in [1.807, 2.05) is 0 Å². The zero-order valence-corrected chi connectivity index (χ0v) is 4.61. The highest BCUT2D eigenvalue weighted by Gasteiger charge is 1.58. The van der Waals surface area contributed by atoms with Crippen molar-refractivity contribution in [2.24, 2.45) is 0 Å². The van der Waals surface area contributed by atoms with Gasteiger partial charge >= 0.3 is 0 Å². The quantitative estimate of drug-likeness (QED) is 0.419. The van der Waals surface area contributed by atoms with Crippen molar-refractivity contribution in [1.29, 1.82) is 0 Å². The molecule has 0 aliphatic carbocycles. The van der Waals surface area contributed by atoms with Gasteiger partial charge in [-0.1, -0.05) is 29.5 Å². The third-order valence-corrected chi connectivity index (χ3v) is 0.732. The molecule has 0 nitrogen and oxygen atoms in total. The first kappa shape index (κ1) is 1.45. The van der Waals surface area contributed by atoms with Gasteiger partial charge in [-0.15, -0.1) is 0 Å². The summed E-state index contributed by atoms with van der Waals surface area (Å²) in [7, 11) is 0. The summed E-state index contributed by atoms with van der Waals surface area (Å²) < 4.78 is 19.2. The van der Waals surface area contributed by atoms with Gasteiger partial charge in [0, 0.05) is 4.11 Å². The van der Waals surface area contributed by atoms with Crippen LogP contribution < -0.4 is 0 Å². The highest BCUT2D eigenvalue weighted by atomic mass is 127. The normalized spacial score (nSPS) is 30.0. The number of halogens is 1. The Morgan fingerprint density at radius 2 is 2.50 bits per heavy atom. The summed E-state index contributed by atoms with van der Waals surface area (Å²) in [4.78, 5) is 0. The average Bonchev–Trinajstić information content (AvgIpc) is 1.31. The lowest BCUT2D eigenvalue weighted by atomic mass is 10.6. The first-order valence-corrected chi connectivity index (χ1v) is 2.13. The Morgan fingerprint density at radius 3 is 2.50 bits per heavy atom. The van der Waals surface area contributed by atoms with Crippen molar-refractivity contribution >= 4 is 22.6 Å². The van der Waals surface area contributed by atoms with E-state index in [-0.39, 0.29) is 0 Å². The summed E-state index contributed by atoms with van der Waals surface area (Å²) >= 11 is 1.61. The molecule has 0 amide bonds. The molecule has 0 spiro atoms. The molecule has 0 aromatic rings. The summed E-state index contributed by atoms with van der Waals surface area (Å²) in [5.74, 6) is 0. The fourth-order valence-corrected chi connectivity index (χ4v) is 0. The van der Waals surface area contributed by atoms with E-state index in [1.165, 1.54) is 6.92 Å². The predicted molar refractivity (Wildman–Crippen MR) is 29.2 cm³/mol. The number of hydrogen-bond donors (Lipinski definition) is 0. The molecule has 4 heavy (non-hydrogen) atoms. The van der Waals surface area contributed by atoms with Crippen molar-refractivity contribution in [3.05, 3.63) is 0 Å². The molecule has 0 heterocycles. The Balaban J connectivity index is 3.54. The summed E-state index contributed by atoms with van der Waals surface area (Å²) in [5, 5.41) is 0. The monoisotopic (exact) mass is 173 g/mol. The lowest BCUT2D eigenvalue weighted by molar-refractivity contribution is 1.13. The SMILES string of the molecule is [2H][C@H](C)C([2H])([2H])I. The molecule has 0 saturated carbocycles. The molecule has 0 aromatic carbocycles. The molecule has 0 saturated heterocycles. The van der Waals surface area contributed by atoms with E-state index in [4.69, 9.17) is 4.11 Å². The summed E-state index contributed by atoms with van der Waals surface area (Å²) in [6, 6.07) is 0. The largest absolute Gasteiger partial charge is 0.0864 e. The fourth-order valence-electron chi connectivity index (χ4n) is 0. The van der Waals surface area contributed by atoms with E-state index in [9.17, 15) is 0 Å². The maximum absolute atomic E-state index is 6.85. The molecular weight excluding hydrogens is 163 g/mol. The maximum atomic E-state index is 6.85. The smallest absolute Gasteiger partial charge is 0.0377 e. The van der Waals surface area contributed by atoms with Crippen molar-refractivity contribution in [3.8, 4) is 0 Å². The van der Waals surface area contributed by atoms with Gasteiger partial charge in [0.05, 0.1) is 0 Å². The zero-order chi connectivity index (χ0) is 6.08. The first-order valence-electron chi connectivity index (χ1n) is 2.63. The van der Waals surface area contributed by atoms with Gasteiger partial charge in [-0.05, 0) is 10.8 Å². The number of hydrogen-bond acceptors (Lipinski definition) is 0. The van der Waals surface area contributed by atoms with E-state index in [2.05, 4.69) is 0 Å². The molecule has 1 heteroatoms. The predicted octanol–water partition coefficient (Wildman–Crippen LogP) is 1.83. The van der Waals surface area contributed by atoms with Gasteiger partial charge in [-0.2, -0.15) is 0 Å². The molecule has 0 radical (unpaired) electrons. The number of alkyl halides is 1. The van der Waals surface area contributed by atoms with E-state index >= 15 is 0 Å². The van der Waals surface area contributed by atoms with Gasteiger partial charge in [-0.3, -0.25) is 0 Å². The molecule has 0 unspecified atom stereocenters. The third kappa shape index (κ3) is 2.73. The molecule has 0 aromatic heterocycles. The Morgan fingerprint density at radius 1 is 2.25 bits per heavy atom. The highest BCUT2D eigenvalue weighted by Crippen LogP contribution is 1.81. The number of rotatable bonds is 1. The molecule has 0 aliphatic rings. The highest BCUT2D eigenvalue weighted by molar-refractivity contribution is 14.1. The van der Waals surface area contributed by atoms with Crippen LogP contribution in [0.4, 0.5) is 0 Å². The molecule has 1 atom stereocenters. The topological polar surface area (TPSA) is 0 Å². The van der Waals surface area contributed by atoms with Crippen molar-refractivity contribution in [2.75, 3.05) is 4.38 Å². The Bertz CT molecular complexity index is 55.7. The van der Waals surface area contributed by atoms with Crippen molar-refractivity contribution < 1.29 is 4.11 Å². The first-order chi connectivity index (χ1) is 2.94. The van der Waals surface area contributed by atoms with Gasteiger partial charge < -0.3 is 0 Å². The van der Waals surface area contributed by atoms with Gasteiger partial charge in [0.2, 0.25) is 0 Å². The van der Waals surface area contributed by atoms with Crippen LogP contribution in [0.1, 0.15) is 17.4 Å². The Hall–Kier alpha value is 0.730. The van der Waals surface area contributed by atoms with Crippen LogP contribution in [0.2, 0.25) is 0 Å². The van der Waals surface area contributed by atoms with E-state index < -0.39 is 10.8 Å². The van der Waals surface area contributed by atoms with E-state index in [0.29, 0.717) is 0 Å². The second-order valence-electron chi connectivity index (χ2n) is 0.398. The minimum Gasteiger partial charge on any atom is -0.0864 e. The summed E-state index contributed by atoms with van der Waals surface area (Å²) in [6.07, 6.45) is -0.631. The maximum Gasteiger partial charge on any atom is 0.0377 e. The molecule has 0 fully saturated rings. The lowest BCUT2D eigenvalue weighted by Gasteiger charge is -1.66. The standard InChI is InChI=1S/C3H7I/c1-2-3-4/h2-3H2,1H3/i2D,3D2/t2-/m1/s1. The Kier molecular flexibility index (Phi) is 1.35. The van der Waals surface area contributed by atoms with Gasteiger partial charge in [0.25, 0.3) is 0 Å². The fraction of sp³-hybridized carbons (Fsp3) is 1.00. The van der Waals surface area contributed by atoms with Crippen LogP contribution >= 0.6 is 22.6 Å².